The molecule has 16 heteroatoms. The Bertz CT molecular complexity index is 1880. The molecule has 0 aliphatic carbocycles. The van der Waals surface area contributed by atoms with Crippen LogP contribution >= 0.6 is 0 Å². The summed E-state index contributed by atoms with van der Waals surface area (Å²) in [5.41, 5.74) is 4.00. The maximum atomic E-state index is 5.21. The summed E-state index contributed by atoms with van der Waals surface area (Å²) < 4.78 is 10.9. The molecule has 1 aliphatic rings. The third-order valence-corrected chi connectivity index (χ3v) is 8.33. The number of ether oxygens (including phenoxy) is 1. The fourth-order valence-electron chi connectivity index (χ4n) is 5.04. The van der Waals surface area contributed by atoms with Gasteiger partial charge in [-0.3, -0.25) is 14.3 Å². The van der Waals surface area contributed by atoms with Crippen molar-refractivity contribution >= 4 is 22.1 Å². The Morgan fingerprint density at radius 3 is 1.20 bits per heavy atom. The van der Waals surface area contributed by atoms with E-state index in [0.29, 0.717) is 36.3 Å². The Morgan fingerprint density at radius 2 is 0.884 bits per heavy atom. The molecule has 0 bridgehead atoms. The van der Waals surface area contributed by atoms with Crippen LogP contribution in [0.25, 0.3) is 22.1 Å². The van der Waals surface area contributed by atoms with Crippen LogP contribution in [0.15, 0.2) is 91.8 Å². The van der Waals surface area contributed by atoms with E-state index in [-0.39, 0.29) is 0 Å². The van der Waals surface area contributed by atoms with Crippen molar-refractivity contribution in [3.8, 4) is 0 Å². The van der Waals surface area contributed by atoms with Gasteiger partial charge in [0.1, 0.15) is 16.6 Å². The van der Waals surface area contributed by atoms with E-state index in [1.807, 2.05) is 173 Å². The number of benzene rings is 2. The molecule has 8 rings (SSSR count). The first kappa shape index (κ1) is 70.2. The normalized spacial score (nSPS) is 11.0. The Kier molecular flexibility index (Phi) is 47.2. The molecule has 394 valence electrons. The topological polar surface area (TPSA) is 153 Å². The first-order valence-corrected chi connectivity index (χ1v) is 25.9. The lowest BCUT2D eigenvalue weighted by atomic mass is 10.3. The molecule has 7 aromatic rings. The monoisotopic (exact) mass is 964 g/mol. The Balaban J connectivity index is -0.000000354. The van der Waals surface area contributed by atoms with Crippen molar-refractivity contribution in [3.05, 3.63) is 91.8 Å². The van der Waals surface area contributed by atoms with Crippen molar-refractivity contribution in [2.75, 3.05) is 26.3 Å². The molecule has 0 radical (unpaired) electrons. The van der Waals surface area contributed by atoms with Gasteiger partial charge in [-0.1, -0.05) is 118 Å². The number of fused-ring (bicyclic) bond motifs is 2. The molecule has 1 fully saturated rings. The van der Waals surface area contributed by atoms with Crippen LogP contribution in [0, 0.1) is 0 Å². The van der Waals surface area contributed by atoms with E-state index in [1.54, 1.807) is 39.1 Å². The predicted molar refractivity (Wildman–Crippen MR) is 295 cm³/mol. The quantitative estimate of drug-likeness (QED) is 0.156. The van der Waals surface area contributed by atoms with Gasteiger partial charge in [0, 0.05) is 55.8 Å². The molecule has 6 heterocycles. The van der Waals surface area contributed by atoms with Gasteiger partial charge in [-0.25, -0.2) is 4.68 Å². The van der Waals surface area contributed by atoms with Crippen LogP contribution in [-0.2, 0) is 4.74 Å². The number of morpholine rings is 1. The summed E-state index contributed by atoms with van der Waals surface area (Å²) in [7, 11) is 0. The van der Waals surface area contributed by atoms with Gasteiger partial charge in [-0.2, -0.15) is 35.1 Å². The van der Waals surface area contributed by atoms with Gasteiger partial charge in [0.05, 0.1) is 49.4 Å². The van der Waals surface area contributed by atoms with Crippen molar-refractivity contribution in [2.45, 2.75) is 202 Å². The van der Waals surface area contributed by atoms with Crippen molar-refractivity contribution in [1.29, 1.82) is 0 Å². The van der Waals surface area contributed by atoms with Gasteiger partial charge in [0.2, 0.25) is 0 Å². The first-order chi connectivity index (χ1) is 33.3. The largest absolute Gasteiger partial charge is 0.379 e. The summed E-state index contributed by atoms with van der Waals surface area (Å²) in [6.45, 7) is 53.3. The average molecular weight is 964 g/mol. The number of para-hydroxylation sites is 1. The molecule has 16 nitrogen and oxygen atoms in total. The molecular weight excluding hydrogens is 863 g/mol. The van der Waals surface area contributed by atoms with E-state index in [0.717, 1.165) is 48.4 Å². The van der Waals surface area contributed by atoms with Crippen molar-refractivity contribution in [1.82, 2.24) is 74.7 Å². The third kappa shape index (κ3) is 30.7. The van der Waals surface area contributed by atoms with E-state index in [4.69, 9.17) is 4.74 Å². The molecule has 1 aliphatic heterocycles. The second-order valence-corrected chi connectivity index (χ2v) is 15.0. The Labute approximate surface area is 420 Å². The second-order valence-electron chi connectivity index (χ2n) is 15.0. The molecule has 0 N–H and O–H groups in total. The summed E-state index contributed by atoms with van der Waals surface area (Å²) in [4.78, 5) is 5.84. The first-order valence-electron chi connectivity index (χ1n) is 25.9. The maximum absolute atomic E-state index is 5.21. The van der Waals surface area contributed by atoms with E-state index < -0.39 is 0 Å². The molecule has 2 aromatic carbocycles. The lowest BCUT2D eigenvalue weighted by molar-refractivity contribution is 0.0238. The van der Waals surface area contributed by atoms with Crippen LogP contribution in [0.4, 0.5) is 0 Å². The summed E-state index contributed by atoms with van der Waals surface area (Å²) in [5, 5.41) is 36.1. The van der Waals surface area contributed by atoms with E-state index in [1.165, 1.54) is 0 Å². The lowest BCUT2D eigenvalue weighted by Gasteiger charge is -2.29. The van der Waals surface area contributed by atoms with Crippen LogP contribution in [0.1, 0.15) is 196 Å². The van der Waals surface area contributed by atoms with E-state index in [9.17, 15) is 0 Å². The minimum atomic E-state index is 0.331. The smallest absolute Gasteiger partial charge is 0.113 e. The standard InChI is InChI=1S/2C9H11N3.C7H15NO.C6H10N2.2C5H9N3.6C2H6/c1-7(2)12-9-6-4-3-5-8(9)10-11-12;1-7(2)12-10-8-5-3-4-6-9(8)11-12;1-7(2)8-3-5-9-6-4-8;1-6(2)8-5-3-4-7-8;1-5(2)8-4-3-6-7-8;1-5(2)8-6-3-4-7-8;6*1-2/h2*3-7H,1-2H3;7H,3-6H2,1-2H3;3-6H,1-2H3;2*3-5H,1-2H3;6*1-2H3. The Hall–Kier alpha value is -5.35. The minimum absolute atomic E-state index is 0.331. The Morgan fingerprint density at radius 1 is 0.420 bits per heavy atom. The fraction of sp³-hybridized carbons (Fsp3) is 0.642. The molecule has 0 unspecified atom stereocenters. The third-order valence-electron chi connectivity index (χ3n) is 8.33. The minimum Gasteiger partial charge on any atom is -0.379 e. The maximum Gasteiger partial charge on any atom is 0.113 e. The number of aromatic nitrogens is 14. The van der Waals surface area contributed by atoms with Crippen LogP contribution in [-0.4, -0.2) is 107 Å². The van der Waals surface area contributed by atoms with Crippen LogP contribution in [0.5, 0.6) is 0 Å². The average Bonchev–Trinajstić information content (AvgIpc) is 4.26. The van der Waals surface area contributed by atoms with Gasteiger partial charge >= 0.3 is 0 Å². The number of nitrogens with zero attached hydrogens (tertiary/aromatic N) is 15. The highest BCUT2D eigenvalue weighted by atomic mass is 16.5. The molecule has 1 saturated heterocycles. The van der Waals surface area contributed by atoms with Gasteiger partial charge in [-0.05, 0) is 113 Å². The summed E-state index contributed by atoms with van der Waals surface area (Å²) in [6.07, 6.45) is 10.6. The van der Waals surface area contributed by atoms with Crippen molar-refractivity contribution < 1.29 is 4.74 Å². The van der Waals surface area contributed by atoms with Gasteiger partial charge in [-0.15, -0.1) is 10.2 Å². The number of hydrogen-bond acceptors (Lipinski definition) is 11. The van der Waals surface area contributed by atoms with Crippen molar-refractivity contribution in [2.24, 2.45) is 0 Å². The molecule has 0 amide bonds. The highest BCUT2D eigenvalue weighted by Crippen LogP contribution is 2.14. The SMILES string of the molecule is CC.CC.CC.CC.CC.CC.CC(C)N1CCOCC1.CC(C)n1cccn1.CC(C)n1ccnn1.CC(C)n1nc2ccccc2n1.CC(C)n1nccn1.CC(C)n1nnc2ccccc21. The molecule has 0 atom stereocenters. The predicted octanol–water partition coefficient (Wildman–Crippen LogP) is 14.1. The lowest BCUT2D eigenvalue weighted by Crippen LogP contribution is -2.40. The summed E-state index contributed by atoms with van der Waals surface area (Å²) in [6, 6.07) is 20.5. The zero-order valence-corrected chi connectivity index (χ0v) is 48.1. The summed E-state index contributed by atoms with van der Waals surface area (Å²) in [5.74, 6) is 0. The zero-order valence-electron chi connectivity index (χ0n) is 48.1. The van der Waals surface area contributed by atoms with Gasteiger partial charge < -0.3 is 4.74 Å². The summed E-state index contributed by atoms with van der Waals surface area (Å²) >= 11 is 0. The highest BCUT2D eigenvalue weighted by molar-refractivity contribution is 5.74. The molecule has 0 spiro atoms. The fourth-order valence-corrected chi connectivity index (χ4v) is 5.04. The zero-order chi connectivity index (χ0) is 53.7. The molecule has 5 aromatic heterocycles. The molecular formula is C53H101N15O. The van der Waals surface area contributed by atoms with Crippen LogP contribution in [0.3, 0.4) is 0 Å². The number of rotatable bonds is 6. The second kappa shape index (κ2) is 46.4. The van der Waals surface area contributed by atoms with Crippen LogP contribution < -0.4 is 0 Å². The van der Waals surface area contributed by atoms with Gasteiger partial charge in [0.15, 0.2) is 0 Å². The van der Waals surface area contributed by atoms with Gasteiger partial charge in [0.25, 0.3) is 0 Å². The van der Waals surface area contributed by atoms with Crippen LogP contribution in [0.2, 0.25) is 0 Å². The molecule has 69 heavy (non-hydrogen) atoms. The number of hydrogen-bond donors (Lipinski definition) is 0. The van der Waals surface area contributed by atoms with E-state index in [2.05, 4.69) is 120 Å². The highest BCUT2D eigenvalue weighted by Gasteiger charge is 2.12. The van der Waals surface area contributed by atoms with E-state index >= 15 is 0 Å². The molecule has 0 saturated carbocycles. The van der Waals surface area contributed by atoms with Crippen molar-refractivity contribution in [3.63, 3.8) is 0 Å².